The van der Waals surface area contributed by atoms with Crippen LogP contribution in [0, 0.1) is 11.6 Å². The van der Waals surface area contributed by atoms with Gasteiger partial charge in [0, 0.05) is 12.3 Å². The topological polar surface area (TPSA) is 105 Å². The fourth-order valence-corrected chi connectivity index (χ4v) is 3.25. The average molecular weight is 481 g/mol. The molecule has 178 valence electrons. The van der Waals surface area contributed by atoms with E-state index in [9.17, 15) is 36.6 Å². The minimum Gasteiger partial charge on any atom is -0.480 e. The fourth-order valence-electron chi connectivity index (χ4n) is 3.25. The SMILES string of the molecule is O=C(NC(Cc1ccc(-c2noc(C3CC3)n2)c(F)c1)C(=O)O)c1ccc(C(F)(F)F)cc1F. The first-order valence-corrected chi connectivity index (χ1v) is 10.1. The first-order chi connectivity index (χ1) is 16.0. The number of carbonyl (C=O) groups is 2. The molecule has 1 heterocycles. The van der Waals surface area contributed by atoms with Crippen LogP contribution in [0.1, 0.15) is 46.1 Å². The Morgan fingerprint density at radius 2 is 1.85 bits per heavy atom. The third-order valence-corrected chi connectivity index (χ3v) is 5.23. The molecule has 0 bridgehead atoms. The van der Waals surface area contributed by atoms with Crippen molar-refractivity contribution in [3.8, 4) is 11.4 Å². The van der Waals surface area contributed by atoms with Gasteiger partial charge in [0.15, 0.2) is 0 Å². The summed E-state index contributed by atoms with van der Waals surface area (Å²) in [5.41, 5.74) is -1.82. The van der Waals surface area contributed by atoms with E-state index in [4.69, 9.17) is 4.52 Å². The maximum atomic E-state index is 14.6. The Hall–Kier alpha value is -3.83. The van der Waals surface area contributed by atoms with Crippen molar-refractivity contribution in [3.63, 3.8) is 0 Å². The Kier molecular flexibility index (Phi) is 6.07. The summed E-state index contributed by atoms with van der Waals surface area (Å²) in [4.78, 5) is 28.1. The summed E-state index contributed by atoms with van der Waals surface area (Å²) in [7, 11) is 0. The van der Waals surface area contributed by atoms with E-state index in [1.54, 1.807) is 0 Å². The minimum absolute atomic E-state index is 0.0436. The maximum absolute atomic E-state index is 14.6. The number of carbonyl (C=O) groups excluding carboxylic acids is 1. The molecule has 4 rings (SSSR count). The Balaban J connectivity index is 1.48. The van der Waals surface area contributed by atoms with Gasteiger partial charge in [0.05, 0.1) is 16.7 Å². The highest BCUT2D eigenvalue weighted by atomic mass is 19.4. The predicted octanol–water partition coefficient (Wildman–Crippen LogP) is 4.34. The van der Waals surface area contributed by atoms with Crippen molar-refractivity contribution in [2.45, 2.75) is 37.4 Å². The van der Waals surface area contributed by atoms with Crippen molar-refractivity contribution in [2.24, 2.45) is 0 Å². The number of benzene rings is 2. The zero-order valence-electron chi connectivity index (χ0n) is 17.2. The van der Waals surface area contributed by atoms with Gasteiger partial charge < -0.3 is 14.9 Å². The molecule has 2 N–H and O–H groups in total. The molecule has 0 saturated heterocycles. The van der Waals surface area contributed by atoms with Gasteiger partial charge in [-0.15, -0.1) is 0 Å². The van der Waals surface area contributed by atoms with E-state index in [0.29, 0.717) is 18.0 Å². The van der Waals surface area contributed by atoms with E-state index in [1.165, 1.54) is 12.1 Å². The second-order valence-electron chi connectivity index (χ2n) is 7.81. The molecular formula is C22H16F5N3O4. The Morgan fingerprint density at radius 1 is 1.12 bits per heavy atom. The van der Waals surface area contributed by atoms with Crippen molar-refractivity contribution in [1.82, 2.24) is 15.5 Å². The third kappa shape index (κ3) is 5.05. The zero-order valence-corrected chi connectivity index (χ0v) is 17.2. The van der Waals surface area contributed by atoms with Crippen LogP contribution in [-0.4, -0.2) is 33.2 Å². The second-order valence-corrected chi connectivity index (χ2v) is 7.81. The number of aliphatic carboxylic acids is 1. The van der Waals surface area contributed by atoms with E-state index in [1.807, 2.05) is 5.32 Å². The van der Waals surface area contributed by atoms with Gasteiger partial charge in [0.25, 0.3) is 5.91 Å². The molecule has 1 aliphatic rings. The largest absolute Gasteiger partial charge is 0.480 e. The Labute approximate surface area is 188 Å². The highest BCUT2D eigenvalue weighted by Gasteiger charge is 2.32. The number of halogens is 5. The van der Waals surface area contributed by atoms with Gasteiger partial charge in [-0.2, -0.15) is 18.2 Å². The lowest BCUT2D eigenvalue weighted by atomic mass is 10.0. The van der Waals surface area contributed by atoms with Gasteiger partial charge in [0.2, 0.25) is 11.7 Å². The molecule has 2 aromatic carbocycles. The van der Waals surface area contributed by atoms with Crippen LogP contribution in [0.4, 0.5) is 22.0 Å². The van der Waals surface area contributed by atoms with Gasteiger partial charge in [-0.1, -0.05) is 11.2 Å². The molecular weight excluding hydrogens is 465 g/mol. The number of hydrogen-bond donors (Lipinski definition) is 2. The highest BCUT2D eigenvalue weighted by Crippen LogP contribution is 2.39. The summed E-state index contributed by atoms with van der Waals surface area (Å²) >= 11 is 0. The van der Waals surface area contributed by atoms with E-state index in [-0.39, 0.29) is 35.4 Å². The first-order valence-electron chi connectivity index (χ1n) is 10.1. The van der Waals surface area contributed by atoms with Gasteiger partial charge in [-0.05, 0) is 48.7 Å². The lowest BCUT2D eigenvalue weighted by molar-refractivity contribution is -0.139. The highest BCUT2D eigenvalue weighted by molar-refractivity contribution is 5.97. The third-order valence-electron chi connectivity index (χ3n) is 5.23. The molecule has 34 heavy (non-hydrogen) atoms. The average Bonchev–Trinajstić information content (AvgIpc) is 3.49. The number of nitrogens with one attached hydrogen (secondary N) is 1. The molecule has 0 radical (unpaired) electrons. The van der Waals surface area contributed by atoms with Crippen molar-refractivity contribution in [3.05, 3.63) is 70.6 Å². The first kappa shape index (κ1) is 23.3. The molecule has 12 heteroatoms. The molecule has 1 aromatic heterocycles. The Morgan fingerprint density at radius 3 is 2.44 bits per heavy atom. The maximum Gasteiger partial charge on any atom is 0.416 e. The molecule has 0 aliphatic heterocycles. The smallest absolute Gasteiger partial charge is 0.416 e. The number of carboxylic acid groups (broad SMARTS) is 1. The van der Waals surface area contributed by atoms with Crippen LogP contribution in [0.15, 0.2) is 40.9 Å². The van der Waals surface area contributed by atoms with Crippen LogP contribution in [0.2, 0.25) is 0 Å². The van der Waals surface area contributed by atoms with Gasteiger partial charge in [-0.25, -0.2) is 13.6 Å². The molecule has 1 aliphatic carbocycles. The molecule has 1 saturated carbocycles. The number of amides is 1. The normalized spacial score (nSPS) is 14.6. The van der Waals surface area contributed by atoms with Crippen LogP contribution < -0.4 is 5.32 Å². The number of hydrogen-bond acceptors (Lipinski definition) is 5. The molecule has 0 spiro atoms. The summed E-state index contributed by atoms with van der Waals surface area (Å²) in [5.74, 6) is -4.29. The minimum atomic E-state index is -4.81. The molecule has 1 unspecified atom stereocenters. The Bertz CT molecular complexity index is 1250. The number of alkyl halides is 3. The fraction of sp³-hybridized carbons (Fsp3) is 0.273. The van der Waals surface area contributed by atoms with Crippen molar-refractivity contribution >= 4 is 11.9 Å². The molecule has 1 amide bonds. The van der Waals surface area contributed by atoms with Crippen LogP contribution in [0.25, 0.3) is 11.4 Å². The van der Waals surface area contributed by atoms with E-state index >= 15 is 0 Å². The quantitative estimate of drug-likeness (QED) is 0.487. The van der Waals surface area contributed by atoms with Crippen LogP contribution in [0.3, 0.4) is 0 Å². The molecule has 7 nitrogen and oxygen atoms in total. The summed E-state index contributed by atoms with van der Waals surface area (Å²) in [6, 6.07) is 3.45. The number of nitrogens with zero attached hydrogens (tertiary/aromatic N) is 2. The van der Waals surface area contributed by atoms with E-state index < -0.39 is 46.9 Å². The summed E-state index contributed by atoms with van der Waals surface area (Å²) in [5, 5.41) is 15.2. The van der Waals surface area contributed by atoms with Crippen molar-refractivity contribution < 1.29 is 41.2 Å². The number of rotatable bonds is 7. The molecule has 1 atom stereocenters. The van der Waals surface area contributed by atoms with Crippen molar-refractivity contribution in [1.29, 1.82) is 0 Å². The standard InChI is InChI=1S/C22H16F5N3O4/c23-15-7-10(1-5-13(15)18-29-20(34-30-18)11-2-3-11)8-17(21(32)33)28-19(31)14-6-4-12(9-16(14)24)22(25,26)27/h1,4-7,9,11,17H,2-3,8H2,(H,28,31)(H,32,33). The van der Waals surface area contributed by atoms with E-state index in [0.717, 1.165) is 18.9 Å². The molecule has 1 fully saturated rings. The number of carboxylic acids is 1. The van der Waals surface area contributed by atoms with Gasteiger partial charge >= 0.3 is 12.1 Å². The summed E-state index contributed by atoms with van der Waals surface area (Å²) in [6.07, 6.45) is -3.35. The second kappa shape index (κ2) is 8.84. The van der Waals surface area contributed by atoms with Gasteiger partial charge in [-0.3, -0.25) is 4.79 Å². The zero-order chi connectivity index (χ0) is 24.6. The number of aromatic nitrogens is 2. The predicted molar refractivity (Wildman–Crippen MR) is 106 cm³/mol. The summed E-state index contributed by atoms with van der Waals surface area (Å²) < 4.78 is 71.8. The van der Waals surface area contributed by atoms with Crippen LogP contribution in [-0.2, 0) is 17.4 Å². The van der Waals surface area contributed by atoms with Crippen molar-refractivity contribution in [2.75, 3.05) is 0 Å². The monoisotopic (exact) mass is 481 g/mol. The van der Waals surface area contributed by atoms with E-state index in [2.05, 4.69) is 10.1 Å². The van der Waals surface area contributed by atoms with Crippen LogP contribution >= 0.6 is 0 Å². The summed E-state index contributed by atoms with van der Waals surface area (Å²) in [6.45, 7) is 0. The lowest BCUT2D eigenvalue weighted by Crippen LogP contribution is -2.42. The lowest BCUT2D eigenvalue weighted by Gasteiger charge is -2.16. The van der Waals surface area contributed by atoms with Gasteiger partial charge in [0.1, 0.15) is 17.7 Å². The molecule has 3 aromatic rings. The van der Waals surface area contributed by atoms with Crippen LogP contribution in [0.5, 0.6) is 0 Å².